The van der Waals surface area contributed by atoms with Crippen LogP contribution in [-0.2, 0) is 12.6 Å². The molecular weight excluding hydrogens is 239 g/mol. The number of hydrogen-bond donors (Lipinski definition) is 0. The first kappa shape index (κ1) is 15.0. The smallest absolute Gasteiger partial charge is 0.261 e. The van der Waals surface area contributed by atoms with Gasteiger partial charge in [0.05, 0.1) is 5.56 Å². The van der Waals surface area contributed by atoms with Gasteiger partial charge in [-0.05, 0) is 25.0 Å². The highest BCUT2D eigenvalue weighted by Crippen LogP contribution is 2.28. The summed E-state index contributed by atoms with van der Waals surface area (Å²) in [6.07, 6.45) is 4.47. The van der Waals surface area contributed by atoms with Crippen molar-refractivity contribution in [2.75, 3.05) is 0 Å². The highest BCUT2D eigenvalue weighted by atomic mass is 19.4. The van der Waals surface area contributed by atoms with Gasteiger partial charge in [-0.15, -0.1) is 0 Å². The fraction of sp³-hybridized carbons (Fsp3) is 0.643. The van der Waals surface area contributed by atoms with Crippen molar-refractivity contribution in [1.82, 2.24) is 4.98 Å². The molecule has 0 unspecified atom stereocenters. The monoisotopic (exact) mass is 259 g/mol. The Kier molecular flexibility index (Phi) is 6.16. The van der Waals surface area contributed by atoms with E-state index in [2.05, 4.69) is 11.9 Å². The van der Waals surface area contributed by atoms with Crippen molar-refractivity contribution in [2.24, 2.45) is 0 Å². The summed E-state index contributed by atoms with van der Waals surface area (Å²) in [5.74, 6) is 0. The zero-order chi connectivity index (χ0) is 13.4. The van der Waals surface area contributed by atoms with Crippen LogP contribution in [0.1, 0.15) is 56.7 Å². The zero-order valence-corrected chi connectivity index (χ0v) is 10.8. The van der Waals surface area contributed by atoms with Crippen molar-refractivity contribution >= 4 is 0 Å². The first-order chi connectivity index (χ1) is 8.54. The third-order valence-corrected chi connectivity index (χ3v) is 2.94. The molecule has 0 aliphatic carbocycles. The molecule has 18 heavy (non-hydrogen) atoms. The van der Waals surface area contributed by atoms with E-state index in [1.165, 1.54) is 31.7 Å². The Morgan fingerprint density at radius 3 is 2.22 bits per heavy atom. The van der Waals surface area contributed by atoms with E-state index < -0.39 is 11.7 Å². The minimum absolute atomic E-state index is 0.672. The molecule has 1 heterocycles. The van der Waals surface area contributed by atoms with E-state index >= 15 is 0 Å². The second kappa shape index (κ2) is 7.39. The summed E-state index contributed by atoms with van der Waals surface area (Å²) in [6.45, 7) is 2.17. The van der Waals surface area contributed by atoms with E-state index in [-0.39, 0.29) is 0 Å². The van der Waals surface area contributed by atoms with Crippen LogP contribution >= 0.6 is 0 Å². The molecule has 0 atom stereocenters. The van der Waals surface area contributed by atoms with Crippen LogP contribution in [-0.4, -0.2) is 4.98 Å². The molecule has 0 amide bonds. The van der Waals surface area contributed by atoms with Crippen LogP contribution in [0.2, 0.25) is 0 Å². The minimum atomic E-state index is -4.29. The topological polar surface area (TPSA) is 12.9 Å². The normalized spacial score (nSPS) is 11.8. The molecular formula is C14H20F3N. The van der Waals surface area contributed by atoms with Gasteiger partial charge in [0.1, 0.15) is 0 Å². The first-order valence-electron chi connectivity index (χ1n) is 6.56. The lowest BCUT2D eigenvalue weighted by Gasteiger charge is -2.06. The van der Waals surface area contributed by atoms with Gasteiger partial charge in [-0.1, -0.05) is 39.0 Å². The summed E-state index contributed by atoms with van der Waals surface area (Å²) < 4.78 is 36.9. The van der Waals surface area contributed by atoms with Gasteiger partial charge in [0.2, 0.25) is 0 Å². The van der Waals surface area contributed by atoms with Gasteiger partial charge < -0.3 is 0 Å². The van der Waals surface area contributed by atoms with Gasteiger partial charge >= 0.3 is 6.18 Å². The molecule has 1 nitrogen and oxygen atoms in total. The van der Waals surface area contributed by atoms with Crippen molar-refractivity contribution in [3.8, 4) is 0 Å². The maximum Gasteiger partial charge on any atom is 0.417 e. The lowest BCUT2D eigenvalue weighted by atomic mass is 10.1. The molecule has 1 rings (SSSR count). The molecule has 0 saturated heterocycles. The van der Waals surface area contributed by atoms with Crippen molar-refractivity contribution in [3.63, 3.8) is 0 Å². The molecule has 0 spiro atoms. The molecule has 0 aromatic carbocycles. The largest absolute Gasteiger partial charge is 0.417 e. The summed E-state index contributed by atoms with van der Waals surface area (Å²) in [5.41, 5.74) is 0.0766. The summed E-state index contributed by atoms with van der Waals surface area (Å²) in [5, 5.41) is 0. The molecule has 0 saturated carbocycles. The SMILES string of the molecule is CCCCCCCCc1ccc(C(F)(F)F)cn1. The summed E-state index contributed by atoms with van der Waals surface area (Å²) in [7, 11) is 0. The zero-order valence-electron chi connectivity index (χ0n) is 10.8. The Hall–Kier alpha value is -1.06. The number of unbranched alkanes of at least 4 members (excludes halogenated alkanes) is 5. The molecule has 0 radical (unpaired) electrons. The molecule has 0 N–H and O–H groups in total. The van der Waals surface area contributed by atoms with Crippen LogP contribution in [0.5, 0.6) is 0 Å². The molecule has 0 aliphatic heterocycles. The molecule has 0 bridgehead atoms. The van der Waals surface area contributed by atoms with E-state index in [1.807, 2.05) is 0 Å². The molecule has 0 aliphatic rings. The van der Waals surface area contributed by atoms with Gasteiger partial charge in [-0.3, -0.25) is 4.98 Å². The van der Waals surface area contributed by atoms with E-state index in [4.69, 9.17) is 0 Å². The van der Waals surface area contributed by atoms with Gasteiger partial charge in [-0.2, -0.15) is 13.2 Å². The third-order valence-electron chi connectivity index (χ3n) is 2.94. The minimum Gasteiger partial charge on any atom is -0.261 e. The van der Waals surface area contributed by atoms with Crippen LogP contribution in [0.15, 0.2) is 18.3 Å². The number of nitrogens with zero attached hydrogens (tertiary/aromatic N) is 1. The second-order valence-electron chi connectivity index (χ2n) is 4.55. The van der Waals surface area contributed by atoms with Crippen molar-refractivity contribution < 1.29 is 13.2 Å². The third kappa shape index (κ3) is 5.52. The van der Waals surface area contributed by atoms with Crippen LogP contribution in [0.25, 0.3) is 0 Å². The Morgan fingerprint density at radius 2 is 1.67 bits per heavy atom. The van der Waals surface area contributed by atoms with E-state index in [0.29, 0.717) is 0 Å². The summed E-state index contributed by atoms with van der Waals surface area (Å²) >= 11 is 0. The molecule has 0 fully saturated rings. The van der Waals surface area contributed by atoms with Crippen LogP contribution < -0.4 is 0 Å². The summed E-state index contributed by atoms with van der Waals surface area (Å²) in [4.78, 5) is 3.86. The Bertz CT molecular complexity index is 330. The highest BCUT2D eigenvalue weighted by Gasteiger charge is 2.30. The number of hydrogen-bond acceptors (Lipinski definition) is 1. The van der Waals surface area contributed by atoms with Crippen LogP contribution in [0.3, 0.4) is 0 Å². The van der Waals surface area contributed by atoms with Gasteiger partial charge in [0.25, 0.3) is 0 Å². The van der Waals surface area contributed by atoms with Crippen molar-refractivity contribution in [2.45, 2.75) is 58.0 Å². The standard InChI is InChI=1S/C14H20F3N/c1-2-3-4-5-6-7-8-13-10-9-12(11-18-13)14(15,16)17/h9-11H,2-8H2,1H3. The van der Waals surface area contributed by atoms with Crippen molar-refractivity contribution in [1.29, 1.82) is 0 Å². The van der Waals surface area contributed by atoms with E-state index in [1.54, 1.807) is 0 Å². The van der Waals surface area contributed by atoms with Crippen LogP contribution in [0.4, 0.5) is 13.2 Å². The average Bonchev–Trinajstić information content (AvgIpc) is 2.33. The maximum absolute atomic E-state index is 12.3. The molecule has 1 aromatic heterocycles. The molecule has 102 valence electrons. The Morgan fingerprint density at radius 1 is 1.00 bits per heavy atom. The average molecular weight is 259 g/mol. The van der Waals surface area contributed by atoms with Gasteiger partial charge in [0, 0.05) is 11.9 Å². The number of aromatic nitrogens is 1. The van der Waals surface area contributed by atoms with Gasteiger partial charge in [-0.25, -0.2) is 0 Å². The van der Waals surface area contributed by atoms with Crippen LogP contribution in [0, 0.1) is 0 Å². The fourth-order valence-corrected chi connectivity index (χ4v) is 1.83. The first-order valence-corrected chi connectivity index (χ1v) is 6.56. The highest BCUT2D eigenvalue weighted by molar-refractivity contribution is 5.16. The van der Waals surface area contributed by atoms with Crippen molar-refractivity contribution in [3.05, 3.63) is 29.6 Å². The maximum atomic E-state index is 12.3. The predicted molar refractivity (Wildman–Crippen MR) is 66.3 cm³/mol. The quantitative estimate of drug-likeness (QED) is 0.628. The number of halogens is 3. The van der Waals surface area contributed by atoms with E-state index in [9.17, 15) is 13.2 Å². The summed E-state index contributed by atoms with van der Waals surface area (Å²) in [6, 6.07) is 2.59. The number of pyridine rings is 1. The second-order valence-corrected chi connectivity index (χ2v) is 4.55. The molecule has 4 heteroatoms. The number of rotatable bonds is 7. The van der Waals surface area contributed by atoms with E-state index in [0.717, 1.165) is 37.2 Å². The Labute approximate surface area is 106 Å². The lowest BCUT2D eigenvalue weighted by molar-refractivity contribution is -0.137. The van der Waals surface area contributed by atoms with Gasteiger partial charge in [0.15, 0.2) is 0 Å². The Balaban J connectivity index is 2.27. The predicted octanol–water partition coefficient (Wildman–Crippen LogP) is 5.00. The number of aryl methyl sites for hydroxylation is 1. The number of alkyl halides is 3. The lowest BCUT2D eigenvalue weighted by Crippen LogP contribution is -2.05. The fourth-order valence-electron chi connectivity index (χ4n) is 1.83. The molecule has 1 aromatic rings.